The van der Waals surface area contributed by atoms with Crippen LogP contribution in [0, 0.1) is 11.8 Å². The molecule has 1 fully saturated rings. The van der Waals surface area contributed by atoms with Gasteiger partial charge in [0.15, 0.2) is 5.60 Å². The Morgan fingerprint density at radius 2 is 0.743 bits per heavy atom. The summed E-state index contributed by atoms with van der Waals surface area (Å²) in [7, 11) is 0. The molecule has 0 amide bonds. The standard InChI is InChI=1S/C15H12F18O2/c16-9(13(25,26)27,14(28,29)30)7(34,10(17,18)15(31,32)33)5-2-1-3-6(4-5)8(35,11(19,20)21)12(22,23)24/h5-6,34-35H,1-4H2. The van der Waals surface area contributed by atoms with Gasteiger partial charge in [-0.25, -0.2) is 4.39 Å². The van der Waals surface area contributed by atoms with E-state index in [1.54, 1.807) is 0 Å². The van der Waals surface area contributed by atoms with Crippen LogP contribution < -0.4 is 0 Å². The van der Waals surface area contributed by atoms with Gasteiger partial charge in [0.05, 0.1) is 0 Å². The van der Waals surface area contributed by atoms with E-state index in [1.165, 1.54) is 0 Å². The van der Waals surface area contributed by atoms with Crippen LogP contribution in [0.15, 0.2) is 0 Å². The second-order valence-electron chi connectivity index (χ2n) is 7.81. The molecule has 1 saturated carbocycles. The quantitative estimate of drug-likeness (QED) is 0.387. The first-order valence-corrected chi connectivity index (χ1v) is 8.81. The summed E-state index contributed by atoms with van der Waals surface area (Å²) in [6.07, 6.45) is -44.9. The van der Waals surface area contributed by atoms with E-state index in [0.717, 1.165) is 0 Å². The minimum absolute atomic E-state index is 1.55. The molecule has 0 bridgehead atoms. The number of hydrogen-bond donors (Lipinski definition) is 2. The zero-order chi connectivity index (χ0) is 28.5. The van der Waals surface area contributed by atoms with Crippen molar-refractivity contribution in [2.45, 2.75) is 79.4 Å². The SMILES string of the molecule is OC(C1CCCC(C(O)(C(F)(F)C(F)(F)F)C(F)(C(F)(F)F)C(F)(F)F)C1)(C(F)(F)F)C(F)(F)F. The van der Waals surface area contributed by atoms with Crippen molar-refractivity contribution in [3.8, 4) is 0 Å². The van der Waals surface area contributed by atoms with Crippen LogP contribution in [0.3, 0.4) is 0 Å². The fraction of sp³-hybridized carbons (Fsp3) is 1.00. The molecule has 1 rings (SSSR count). The third-order valence-electron chi connectivity index (χ3n) is 5.86. The molecule has 3 unspecified atom stereocenters. The average Bonchev–Trinajstić information content (AvgIpc) is 2.61. The summed E-state index contributed by atoms with van der Waals surface area (Å²) in [5.74, 6) is -15.6. The molecule has 0 aromatic carbocycles. The van der Waals surface area contributed by atoms with E-state index in [-0.39, 0.29) is 0 Å². The third kappa shape index (κ3) is 4.39. The molecule has 35 heavy (non-hydrogen) atoms. The van der Waals surface area contributed by atoms with Crippen molar-refractivity contribution in [2.75, 3.05) is 0 Å². The van der Waals surface area contributed by atoms with E-state index >= 15 is 0 Å². The van der Waals surface area contributed by atoms with Gasteiger partial charge in [-0.1, -0.05) is 6.42 Å². The number of hydrogen-bond acceptors (Lipinski definition) is 2. The smallest absolute Gasteiger partial charge is 0.379 e. The molecule has 0 aromatic rings. The van der Waals surface area contributed by atoms with Crippen molar-refractivity contribution >= 4 is 0 Å². The zero-order valence-electron chi connectivity index (χ0n) is 16.2. The lowest BCUT2D eigenvalue weighted by molar-refractivity contribution is -0.456. The van der Waals surface area contributed by atoms with Gasteiger partial charge < -0.3 is 10.2 Å². The summed E-state index contributed by atoms with van der Waals surface area (Å²) >= 11 is 0. The summed E-state index contributed by atoms with van der Waals surface area (Å²) in [6.45, 7) is 0. The van der Waals surface area contributed by atoms with Crippen LogP contribution in [0.2, 0.25) is 0 Å². The van der Waals surface area contributed by atoms with Crippen molar-refractivity contribution in [1.82, 2.24) is 0 Å². The molecular formula is C15H12F18O2. The highest BCUT2D eigenvalue weighted by Crippen LogP contribution is 2.65. The second-order valence-corrected chi connectivity index (χ2v) is 7.81. The molecule has 0 radical (unpaired) electrons. The maximum Gasteiger partial charge on any atom is 0.456 e. The highest BCUT2D eigenvalue weighted by Gasteiger charge is 2.92. The lowest BCUT2D eigenvalue weighted by Gasteiger charge is -2.53. The highest BCUT2D eigenvalue weighted by atomic mass is 19.4. The molecule has 1 aliphatic rings. The fourth-order valence-corrected chi connectivity index (χ4v) is 4.14. The van der Waals surface area contributed by atoms with Crippen molar-refractivity contribution in [1.29, 1.82) is 0 Å². The Bertz CT molecular complexity index is 728. The van der Waals surface area contributed by atoms with Crippen molar-refractivity contribution in [3.05, 3.63) is 0 Å². The molecule has 210 valence electrons. The van der Waals surface area contributed by atoms with Crippen LogP contribution in [0.4, 0.5) is 79.0 Å². The van der Waals surface area contributed by atoms with Gasteiger partial charge in [-0.2, -0.15) is 74.6 Å². The van der Waals surface area contributed by atoms with Gasteiger partial charge in [0.2, 0.25) is 0 Å². The van der Waals surface area contributed by atoms with Crippen LogP contribution in [0.1, 0.15) is 25.7 Å². The largest absolute Gasteiger partial charge is 0.456 e. The molecule has 0 aliphatic heterocycles. The lowest BCUT2D eigenvalue weighted by atomic mass is 9.60. The van der Waals surface area contributed by atoms with Gasteiger partial charge in [-0.15, -0.1) is 0 Å². The normalized spacial score (nSPS) is 24.3. The van der Waals surface area contributed by atoms with Crippen molar-refractivity contribution in [3.63, 3.8) is 0 Å². The van der Waals surface area contributed by atoms with Crippen LogP contribution >= 0.6 is 0 Å². The Labute approximate surface area is 181 Å². The molecule has 2 nitrogen and oxygen atoms in total. The Kier molecular flexibility index (Phi) is 7.55. The Morgan fingerprint density at radius 1 is 0.429 bits per heavy atom. The zero-order valence-corrected chi connectivity index (χ0v) is 16.2. The van der Waals surface area contributed by atoms with Crippen LogP contribution in [-0.2, 0) is 0 Å². The third-order valence-corrected chi connectivity index (χ3v) is 5.86. The van der Waals surface area contributed by atoms with E-state index in [2.05, 4.69) is 0 Å². The van der Waals surface area contributed by atoms with E-state index in [1.807, 2.05) is 0 Å². The van der Waals surface area contributed by atoms with Crippen molar-refractivity contribution < 1.29 is 89.2 Å². The number of alkyl halides is 18. The van der Waals surface area contributed by atoms with Gasteiger partial charge in [0.25, 0.3) is 5.60 Å². The number of aliphatic hydroxyl groups is 2. The summed E-state index contributed by atoms with van der Waals surface area (Å²) < 4.78 is 238. The van der Waals surface area contributed by atoms with Gasteiger partial charge >= 0.3 is 42.5 Å². The maximum absolute atomic E-state index is 14.6. The lowest BCUT2D eigenvalue weighted by Crippen LogP contribution is -2.79. The molecule has 20 heteroatoms. The maximum atomic E-state index is 14.6. The monoisotopic (exact) mass is 566 g/mol. The van der Waals surface area contributed by atoms with E-state index in [9.17, 15) is 89.2 Å². The summed E-state index contributed by atoms with van der Waals surface area (Å²) in [5.41, 5.74) is -21.0. The molecule has 0 aromatic heterocycles. The molecule has 0 spiro atoms. The summed E-state index contributed by atoms with van der Waals surface area (Å²) in [5, 5.41) is 19.0. The number of halogens is 18. The first-order chi connectivity index (χ1) is 15.0. The topological polar surface area (TPSA) is 40.5 Å². The molecule has 2 N–H and O–H groups in total. The van der Waals surface area contributed by atoms with Crippen molar-refractivity contribution in [2.24, 2.45) is 11.8 Å². The van der Waals surface area contributed by atoms with E-state index < -0.39 is 91.2 Å². The van der Waals surface area contributed by atoms with Crippen LogP contribution in [0.5, 0.6) is 0 Å². The average molecular weight is 566 g/mol. The van der Waals surface area contributed by atoms with Gasteiger partial charge in [-0.05, 0) is 25.2 Å². The first kappa shape index (κ1) is 31.7. The predicted octanol–water partition coefficient (Wildman–Crippen LogP) is 6.41. The highest BCUT2D eigenvalue weighted by molar-refractivity contribution is 5.21. The fourth-order valence-electron chi connectivity index (χ4n) is 4.14. The molecule has 0 heterocycles. The summed E-state index contributed by atoms with van der Waals surface area (Å²) in [6, 6.07) is 0. The van der Waals surface area contributed by atoms with Gasteiger partial charge in [-0.3, -0.25) is 0 Å². The molecular weight excluding hydrogens is 554 g/mol. The molecule has 0 saturated heterocycles. The van der Waals surface area contributed by atoms with Crippen LogP contribution in [0.25, 0.3) is 0 Å². The Hall–Kier alpha value is -1.34. The molecule has 3 atom stereocenters. The molecule has 1 aliphatic carbocycles. The number of rotatable bonds is 4. The van der Waals surface area contributed by atoms with E-state index in [0.29, 0.717) is 0 Å². The van der Waals surface area contributed by atoms with Gasteiger partial charge in [0.1, 0.15) is 0 Å². The Balaban J connectivity index is 3.99. The Morgan fingerprint density at radius 3 is 1.00 bits per heavy atom. The second kappa shape index (κ2) is 8.34. The minimum Gasteiger partial charge on any atom is -0.379 e. The van der Waals surface area contributed by atoms with Gasteiger partial charge in [0, 0.05) is 5.92 Å². The van der Waals surface area contributed by atoms with Crippen LogP contribution in [-0.4, -0.2) is 63.9 Å². The first-order valence-electron chi connectivity index (χ1n) is 8.81. The summed E-state index contributed by atoms with van der Waals surface area (Å²) in [4.78, 5) is 0. The minimum atomic E-state index is -7.91. The predicted molar refractivity (Wildman–Crippen MR) is 74.4 cm³/mol. The van der Waals surface area contributed by atoms with E-state index in [4.69, 9.17) is 0 Å².